The molecule has 0 bridgehead atoms. The molecule has 102 valence electrons. The maximum atomic E-state index is 12.1. The summed E-state index contributed by atoms with van der Waals surface area (Å²) in [5, 5.41) is 3.85. The number of carbonyl (C=O) groups is 1. The Kier molecular flexibility index (Phi) is 3.29. The van der Waals surface area contributed by atoms with Gasteiger partial charge in [0.15, 0.2) is 5.76 Å². The van der Waals surface area contributed by atoms with Gasteiger partial charge in [-0.3, -0.25) is 4.79 Å². The van der Waals surface area contributed by atoms with Crippen LogP contribution in [0.4, 0.5) is 0 Å². The summed E-state index contributed by atoms with van der Waals surface area (Å²) in [6.45, 7) is 1.95. The highest BCUT2D eigenvalue weighted by Crippen LogP contribution is 2.18. The van der Waals surface area contributed by atoms with Gasteiger partial charge in [0.25, 0.3) is 5.91 Å². The van der Waals surface area contributed by atoms with E-state index in [-0.39, 0.29) is 11.9 Å². The van der Waals surface area contributed by atoms with Gasteiger partial charge in [0.05, 0.1) is 12.5 Å². The fourth-order valence-electron chi connectivity index (χ4n) is 2.20. The summed E-state index contributed by atoms with van der Waals surface area (Å²) in [5.41, 5.74) is 1.78. The van der Waals surface area contributed by atoms with Gasteiger partial charge in [0.1, 0.15) is 5.58 Å². The molecule has 0 spiro atoms. The summed E-state index contributed by atoms with van der Waals surface area (Å²) >= 11 is 0. The second-order valence-electron chi connectivity index (χ2n) is 4.86. The Morgan fingerprint density at radius 1 is 1.30 bits per heavy atom. The fraction of sp³-hybridized carbons (Fsp3) is 0.188. The standard InChI is InChI=1S/C16H15NO3/c1-11(8-12-6-7-19-10-12)17-16(18)15-9-13-4-2-3-5-14(13)20-15/h2-7,9-11H,8H2,1H3,(H,17,18)/t11-/m1/s1. The minimum Gasteiger partial charge on any atom is -0.472 e. The molecule has 3 aromatic rings. The van der Waals surface area contributed by atoms with Crippen LogP contribution in [0.2, 0.25) is 0 Å². The number of fused-ring (bicyclic) bond motifs is 1. The van der Waals surface area contributed by atoms with E-state index in [0.29, 0.717) is 5.76 Å². The maximum Gasteiger partial charge on any atom is 0.287 e. The van der Waals surface area contributed by atoms with Gasteiger partial charge in [-0.25, -0.2) is 0 Å². The third kappa shape index (κ3) is 2.59. The first-order valence-electron chi connectivity index (χ1n) is 6.53. The number of amides is 1. The first-order valence-corrected chi connectivity index (χ1v) is 6.53. The lowest BCUT2D eigenvalue weighted by Crippen LogP contribution is -2.33. The first kappa shape index (κ1) is 12.5. The van der Waals surface area contributed by atoms with Crippen LogP contribution in [0.1, 0.15) is 23.0 Å². The van der Waals surface area contributed by atoms with E-state index in [4.69, 9.17) is 8.83 Å². The average molecular weight is 269 g/mol. The summed E-state index contributed by atoms with van der Waals surface area (Å²) < 4.78 is 10.5. The molecule has 0 saturated carbocycles. The second-order valence-corrected chi connectivity index (χ2v) is 4.86. The predicted molar refractivity (Wildman–Crippen MR) is 75.6 cm³/mol. The molecule has 2 aromatic heterocycles. The van der Waals surface area contributed by atoms with Gasteiger partial charge in [-0.05, 0) is 37.1 Å². The van der Waals surface area contributed by atoms with Crippen molar-refractivity contribution in [3.05, 3.63) is 60.2 Å². The zero-order valence-electron chi connectivity index (χ0n) is 11.1. The molecule has 0 saturated heterocycles. The van der Waals surface area contributed by atoms with Crippen LogP contribution in [0, 0.1) is 0 Å². The smallest absolute Gasteiger partial charge is 0.287 e. The molecule has 0 radical (unpaired) electrons. The van der Waals surface area contributed by atoms with Gasteiger partial charge in [0, 0.05) is 11.4 Å². The van der Waals surface area contributed by atoms with Gasteiger partial charge in [-0.2, -0.15) is 0 Å². The number of benzene rings is 1. The van der Waals surface area contributed by atoms with Crippen molar-refractivity contribution in [1.82, 2.24) is 5.32 Å². The minimum absolute atomic E-state index is 0.00770. The van der Waals surface area contributed by atoms with Crippen molar-refractivity contribution in [3.63, 3.8) is 0 Å². The summed E-state index contributed by atoms with van der Waals surface area (Å²) in [6.07, 6.45) is 4.04. The topological polar surface area (TPSA) is 55.4 Å². The Morgan fingerprint density at radius 3 is 2.90 bits per heavy atom. The molecule has 4 heteroatoms. The molecule has 4 nitrogen and oxygen atoms in total. The number of rotatable bonds is 4. The zero-order valence-corrected chi connectivity index (χ0v) is 11.1. The average Bonchev–Trinajstić information content (AvgIpc) is 3.06. The van der Waals surface area contributed by atoms with Crippen LogP contribution >= 0.6 is 0 Å². The van der Waals surface area contributed by atoms with Gasteiger partial charge in [-0.15, -0.1) is 0 Å². The number of nitrogens with one attached hydrogen (secondary N) is 1. The van der Waals surface area contributed by atoms with Crippen LogP contribution in [-0.4, -0.2) is 11.9 Å². The number of hydrogen-bond acceptors (Lipinski definition) is 3. The lowest BCUT2D eigenvalue weighted by Gasteiger charge is -2.11. The van der Waals surface area contributed by atoms with Crippen molar-refractivity contribution in [1.29, 1.82) is 0 Å². The molecule has 0 fully saturated rings. The summed E-state index contributed by atoms with van der Waals surface area (Å²) in [6, 6.07) is 11.2. The molecule has 0 unspecified atom stereocenters. The van der Waals surface area contributed by atoms with Crippen LogP contribution in [0.3, 0.4) is 0 Å². The lowest BCUT2D eigenvalue weighted by atomic mass is 10.1. The van der Waals surface area contributed by atoms with Crippen molar-refractivity contribution in [2.24, 2.45) is 0 Å². The monoisotopic (exact) mass is 269 g/mol. The Hall–Kier alpha value is -2.49. The lowest BCUT2D eigenvalue weighted by molar-refractivity contribution is 0.0914. The highest BCUT2D eigenvalue weighted by molar-refractivity contribution is 5.96. The van der Waals surface area contributed by atoms with Gasteiger partial charge in [0.2, 0.25) is 0 Å². The van der Waals surface area contributed by atoms with Gasteiger partial charge >= 0.3 is 0 Å². The molecule has 20 heavy (non-hydrogen) atoms. The third-order valence-electron chi connectivity index (χ3n) is 3.15. The summed E-state index contributed by atoms with van der Waals surface area (Å²) in [4.78, 5) is 12.1. The molecule has 1 aromatic carbocycles. The van der Waals surface area contributed by atoms with Gasteiger partial charge < -0.3 is 14.2 Å². The minimum atomic E-state index is -0.197. The van der Waals surface area contributed by atoms with Crippen molar-refractivity contribution in [2.75, 3.05) is 0 Å². The van der Waals surface area contributed by atoms with E-state index in [1.165, 1.54) is 0 Å². The maximum absolute atomic E-state index is 12.1. The van der Waals surface area contributed by atoms with E-state index in [0.717, 1.165) is 23.0 Å². The molecular formula is C16H15NO3. The van der Waals surface area contributed by atoms with Crippen molar-refractivity contribution in [2.45, 2.75) is 19.4 Å². The molecule has 0 aliphatic rings. The van der Waals surface area contributed by atoms with E-state index in [9.17, 15) is 4.79 Å². The van der Waals surface area contributed by atoms with E-state index in [1.54, 1.807) is 18.6 Å². The van der Waals surface area contributed by atoms with Crippen LogP contribution in [0.15, 0.2) is 57.8 Å². The first-order chi connectivity index (χ1) is 9.72. The van der Waals surface area contributed by atoms with Crippen LogP contribution < -0.4 is 5.32 Å². The molecule has 1 N–H and O–H groups in total. The third-order valence-corrected chi connectivity index (χ3v) is 3.15. The molecule has 0 aliphatic carbocycles. The Labute approximate surface area is 116 Å². The second kappa shape index (κ2) is 5.25. The zero-order chi connectivity index (χ0) is 13.9. The predicted octanol–water partition coefficient (Wildman–Crippen LogP) is 3.39. The normalized spacial score (nSPS) is 12.4. The Bertz CT molecular complexity index is 679. The highest BCUT2D eigenvalue weighted by Gasteiger charge is 2.15. The summed E-state index contributed by atoms with van der Waals surface area (Å²) in [7, 11) is 0. The SMILES string of the molecule is C[C@H](Cc1ccoc1)NC(=O)c1cc2ccccc2o1. The molecule has 1 amide bonds. The van der Waals surface area contributed by atoms with Crippen molar-refractivity contribution >= 4 is 16.9 Å². The molecular weight excluding hydrogens is 254 g/mol. The van der Waals surface area contributed by atoms with Crippen LogP contribution in [0.5, 0.6) is 0 Å². The Balaban J connectivity index is 1.69. The van der Waals surface area contributed by atoms with Crippen LogP contribution in [-0.2, 0) is 6.42 Å². The largest absolute Gasteiger partial charge is 0.472 e. The van der Waals surface area contributed by atoms with E-state index in [2.05, 4.69) is 5.32 Å². The van der Waals surface area contributed by atoms with E-state index < -0.39 is 0 Å². The molecule has 1 atom stereocenters. The number of hydrogen-bond donors (Lipinski definition) is 1. The van der Waals surface area contributed by atoms with Gasteiger partial charge in [-0.1, -0.05) is 18.2 Å². The number of para-hydroxylation sites is 1. The van der Waals surface area contributed by atoms with Crippen LogP contribution in [0.25, 0.3) is 11.0 Å². The Morgan fingerprint density at radius 2 is 2.15 bits per heavy atom. The van der Waals surface area contributed by atoms with Crippen molar-refractivity contribution in [3.8, 4) is 0 Å². The number of furan rings is 2. The molecule has 0 aliphatic heterocycles. The summed E-state index contributed by atoms with van der Waals surface area (Å²) in [5.74, 6) is 0.141. The van der Waals surface area contributed by atoms with Crippen molar-refractivity contribution < 1.29 is 13.6 Å². The molecule has 3 rings (SSSR count). The fourth-order valence-corrected chi connectivity index (χ4v) is 2.20. The van der Waals surface area contributed by atoms with E-state index >= 15 is 0 Å². The molecule has 2 heterocycles. The highest BCUT2D eigenvalue weighted by atomic mass is 16.3. The number of carbonyl (C=O) groups excluding carboxylic acids is 1. The van der Waals surface area contributed by atoms with E-state index in [1.807, 2.05) is 37.3 Å². The quantitative estimate of drug-likeness (QED) is 0.789.